The van der Waals surface area contributed by atoms with Gasteiger partial charge in [0, 0.05) is 10.9 Å². The first-order chi connectivity index (χ1) is 16.5. The van der Waals surface area contributed by atoms with Gasteiger partial charge >= 0.3 is 6.55 Å². The molecule has 172 valence electrons. The van der Waals surface area contributed by atoms with Gasteiger partial charge in [0.05, 0.1) is 17.1 Å². The van der Waals surface area contributed by atoms with Crippen molar-refractivity contribution in [3.63, 3.8) is 0 Å². The minimum absolute atomic E-state index is 0.0581. The van der Waals surface area contributed by atoms with Gasteiger partial charge in [0.1, 0.15) is 23.8 Å². The second kappa shape index (κ2) is 8.97. The van der Waals surface area contributed by atoms with E-state index in [2.05, 4.69) is 10.3 Å². The Morgan fingerprint density at radius 2 is 1.74 bits per heavy atom. The van der Waals surface area contributed by atoms with Crippen LogP contribution in [0.15, 0.2) is 83.3 Å². The summed E-state index contributed by atoms with van der Waals surface area (Å²) in [4.78, 5) is 17.6. The van der Waals surface area contributed by atoms with Crippen molar-refractivity contribution in [2.45, 2.75) is 26.1 Å². The molecule has 1 unspecified atom stereocenters. The van der Waals surface area contributed by atoms with E-state index in [1.165, 1.54) is 0 Å². The maximum atomic E-state index is 13.9. The molecule has 5 aromatic rings. The van der Waals surface area contributed by atoms with E-state index in [1.54, 1.807) is 37.3 Å². The van der Waals surface area contributed by atoms with Gasteiger partial charge in [-0.3, -0.25) is 9.36 Å². The summed E-state index contributed by atoms with van der Waals surface area (Å²) in [7, 11) is 0. The first kappa shape index (κ1) is 21.6. The van der Waals surface area contributed by atoms with E-state index in [9.17, 15) is 13.6 Å². The highest BCUT2D eigenvalue weighted by atomic mass is 19.3. The lowest BCUT2D eigenvalue weighted by Crippen LogP contribution is -2.29. The zero-order valence-electron chi connectivity index (χ0n) is 18.2. The van der Waals surface area contributed by atoms with Crippen LogP contribution < -0.4 is 10.1 Å². The van der Waals surface area contributed by atoms with Crippen LogP contribution in [-0.2, 0) is 6.61 Å². The fourth-order valence-electron chi connectivity index (χ4n) is 4.00. The normalized spacial score (nSPS) is 12.4. The van der Waals surface area contributed by atoms with E-state index >= 15 is 0 Å². The molecule has 3 aromatic carbocycles. The Bertz CT molecular complexity index is 1460. The number of para-hydroxylation sites is 4. The number of aromatic nitrogens is 2. The number of rotatable bonds is 7. The second-order valence-corrected chi connectivity index (χ2v) is 7.81. The quantitative estimate of drug-likeness (QED) is 0.311. The summed E-state index contributed by atoms with van der Waals surface area (Å²) in [5, 5.41) is 3.51. The minimum Gasteiger partial charge on any atom is -0.489 e. The van der Waals surface area contributed by atoms with Crippen molar-refractivity contribution in [3.8, 4) is 5.75 Å². The predicted octanol–water partition coefficient (Wildman–Crippen LogP) is 6.25. The Balaban J connectivity index is 1.46. The smallest absolute Gasteiger partial charge is 0.320 e. The Morgan fingerprint density at radius 3 is 2.53 bits per heavy atom. The number of hydrogen-bond acceptors (Lipinski definition) is 4. The standard InChI is InChI=1S/C26H21F2N3O3/c1-16(24-30-20-12-6-7-13-21(20)31(24)26(27)28)29-25(32)23-19(15-33-17-9-3-2-4-10-17)18-11-5-8-14-22(18)34-23/h2-14,16,26H,15H2,1H3,(H,29,32). The molecule has 0 saturated carbocycles. The second-order valence-electron chi connectivity index (χ2n) is 7.81. The van der Waals surface area contributed by atoms with Gasteiger partial charge in [-0.25, -0.2) is 4.98 Å². The maximum absolute atomic E-state index is 13.9. The summed E-state index contributed by atoms with van der Waals surface area (Å²) in [6.07, 6.45) is 0. The van der Waals surface area contributed by atoms with Gasteiger partial charge in [0.15, 0.2) is 5.76 Å². The van der Waals surface area contributed by atoms with Gasteiger partial charge in [-0.15, -0.1) is 0 Å². The van der Waals surface area contributed by atoms with E-state index in [1.807, 2.05) is 48.5 Å². The summed E-state index contributed by atoms with van der Waals surface area (Å²) >= 11 is 0. The van der Waals surface area contributed by atoms with Gasteiger partial charge in [-0.05, 0) is 37.3 Å². The third kappa shape index (κ3) is 3.98. The summed E-state index contributed by atoms with van der Waals surface area (Å²) < 4.78 is 40.3. The third-order valence-electron chi connectivity index (χ3n) is 5.58. The number of halogens is 2. The van der Waals surface area contributed by atoms with Gasteiger partial charge in [0.2, 0.25) is 0 Å². The number of imidazole rings is 1. The monoisotopic (exact) mass is 461 g/mol. The summed E-state index contributed by atoms with van der Waals surface area (Å²) in [5.41, 5.74) is 1.84. The lowest BCUT2D eigenvalue weighted by Gasteiger charge is -2.15. The van der Waals surface area contributed by atoms with Crippen molar-refractivity contribution in [1.29, 1.82) is 0 Å². The van der Waals surface area contributed by atoms with Crippen LogP contribution in [0.25, 0.3) is 22.0 Å². The number of alkyl halides is 2. The molecule has 6 nitrogen and oxygen atoms in total. The van der Waals surface area contributed by atoms with Crippen LogP contribution >= 0.6 is 0 Å². The van der Waals surface area contributed by atoms with Crippen molar-refractivity contribution >= 4 is 27.9 Å². The molecule has 0 radical (unpaired) electrons. The highest BCUT2D eigenvalue weighted by Gasteiger charge is 2.26. The molecule has 1 atom stereocenters. The van der Waals surface area contributed by atoms with Gasteiger partial charge < -0.3 is 14.5 Å². The molecular weight excluding hydrogens is 440 g/mol. The number of ether oxygens (including phenoxy) is 1. The Hall–Kier alpha value is -4.20. The van der Waals surface area contributed by atoms with Crippen molar-refractivity contribution < 1.29 is 22.7 Å². The first-order valence-corrected chi connectivity index (χ1v) is 10.8. The van der Waals surface area contributed by atoms with Gasteiger partial charge in [0.25, 0.3) is 5.91 Å². The molecule has 0 aliphatic heterocycles. The molecule has 8 heteroatoms. The lowest BCUT2D eigenvalue weighted by molar-refractivity contribution is 0.0686. The number of amides is 1. The number of fused-ring (bicyclic) bond motifs is 2. The molecule has 1 amide bonds. The predicted molar refractivity (Wildman–Crippen MR) is 124 cm³/mol. The number of benzene rings is 3. The SMILES string of the molecule is CC(NC(=O)c1oc2ccccc2c1COc1ccccc1)c1nc2ccccc2n1C(F)F. The van der Waals surface area contributed by atoms with E-state index in [4.69, 9.17) is 9.15 Å². The average Bonchev–Trinajstić information content (AvgIpc) is 3.42. The van der Waals surface area contributed by atoms with Crippen LogP contribution in [0.3, 0.4) is 0 Å². The molecule has 0 aliphatic rings. The van der Waals surface area contributed by atoms with Crippen LogP contribution in [0, 0.1) is 0 Å². The Labute approximate surface area is 193 Å². The van der Waals surface area contributed by atoms with Crippen LogP contribution in [0.5, 0.6) is 5.75 Å². The zero-order valence-corrected chi connectivity index (χ0v) is 18.2. The number of nitrogens with zero attached hydrogens (tertiary/aromatic N) is 2. The van der Waals surface area contributed by atoms with Crippen LogP contribution in [-0.4, -0.2) is 15.5 Å². The molecule has 0 aliphatic carbocycles. The van der Waals surface area contributed by atoms with Crippen LogP contribution in [0.1, 0.15) is 41.5 Å². The van der Waals surface area contributed by atoms with E-state index < -0.39 is 18.5 Å². The van der Waals surface area contributed by atoms with Crippen molar-refractivity contribution in [1.82, 2.24) is 14.9 Å². The molecule has 0 saturated heterocycles. The van der Waals surface area contributed by atoms with E-state index in [-0.39, 0.29) is 18.2 Å². The highest BCUT2D eigenvalue weighted by Crippen LogP contribution is 2.30. The van der Waals surface area contributed by atoms with E-state index in [0.717, 1.165) is 9.95 Å². The Morgan fingerprint density at radius 1 is 1.03 bits per heavy atom. The number of furan rings is 1. The number of nitrogens with one attached hydrogen (secondary N) is 1. The Kier molecular flexibility index (Phi) is 5.71. The van der Waals surface area contributed by atoms with Crippen LogP contribution in [0.4, 0.5) is 8.78 Å². The van der Waals surface area contributed by atoms with E-state index in [0.29, 0.717) is 27.9 Å². The summed E-state index contributed by atoms with van der Waals surface area (Å²) in [5.74, 6) is 0.243. The zero-order chi connectivity index (χ0) is 23.7. The summed E-state index contributed by atoms with van der Waals surface area (Å²) in [6.45, 7) is -1.09. The molecule has 34 heavy (non-hydrogen) atoms. The van der Waals surface area contributed by atoms with Gasteiger partial charge in [-0.2, -0.15) is 8.78 Å². The number of hydrogen-bond donors (Lipinski definition) is 1. The molecule has 2 aromatic heterocycles. The molecule has 5 rings (SSSR count). The van der Waals surface area contributed by atoms with Crippen LogP contribution in [0.2, 0.25) is 0 Å². The third-order valence-corrected chi connectivity index (χ3v) is 5.58. The first-order valence-electron chi connectivity index (χ1n) is 10.8. The topological polar surface area (TPSA) is 69.3 Å². The fraction of sp³-hybridized carbons (Fsp3) is 0.154. The summed E-state index contributed by atoms with van der Waals surface area (Å²) in [6, 6.07) is 22.3. The number of carbonyl (C=O) groups is 1. The highest BCUT2D eigenvalue weighted by molar-refractivity contribution is 5.99. The molecule has 2 heterocycles. The molecule has 0 spiro atoms. The largest absolute Gasteiger partial charge is 0.489 e. The molecule has 0 bridgehead atoms. The van der Waals surface area contributed by atoms with Crippen molar-refractivity contribution in [2.75, 3.05) is 0 Å². The molecule has 1 N–H and O–H groups in total. The minimum atomic E-state index is -2.80. The van der Waals surface area contributed by atoms with Crippen molar-refractivity contribution in [3.05, 3.63) is 96.0 Å². The van der Waals surface area contributed by atoms with Crippen molar-refractivity contribution in [2.24, 2.45) is 0 Å². The molecule has 0 fully saturated rings. The fourth-order valence-corrected chi connectivity index (χ4v) is 4.00. The molecular formula is C26H21F2N3O3. The average molecular weight is 461 g/mol. The van der Waals surface area contributed by atoms with Gasteiger partial charge in [-0.1, -0.05) is 48.5 Å². The lowest BCUT2D eigenvalue weighted by atomic mass is 10.1. The maximum Gasteiger partial charge on any atom is 0.320 e. The number of carbonyl (C=O) groups excluding carboxylic acids is 1.